The van der Waals surface area contributed by atoms with Gasteiger partial charge in [-0.2, -0.15) is 13.2 Å². The van der Waals surface area contributed by atoms with Crippen molar-refractivity contribution < 1.29 is 18.0 Å². The van der Waals surface area contributed by atoms with Crippen molar-refractivity contribution in [3.8, 4) is 0 Å². The van der Waals surface area contributed by atoms with Gasteiger partial charge in [0, 0.05) is 6.04 Å². The molecular formula is C15H23F3N2O. The monoisotopic (exact) mass is 304 g/mol. The van der Waals surface area contributed by atoms with E-state index < -0.39 is 12.1 Å². The summed E-state index contributed by atoms with van der Waals surface area (Å²) in [5.74, 6) is -0.146. The lowest BCUT2D eigenvalue weighted by atomic mass is 9.85. The summed E-state index contributed by atoms with van der Waals surface area (Å²) in [5.41, 5.74) is 0. The van der Waals surface area contributed by atoms with E-state index in [9.17, 15) is 18.0 Å². The number of hydrogen-bond acceptors (Lipinski definition) is 2. The first kappa shape index (κ1) is 15.1. The fraction of sp³-hybridized carbons (Fsp3) is 0.933. The molecule has 0 bridgehead atoms. The van der Waals surface area contributed by atoms with E-state index in [-0.39, 0.29) is 30.8 Å². The molecule has 3 unspecified atom stereocenters. The van der Waals surface area contributed by atoms with Crippen molar-refractivity contribution >= 4 is 5.91 Å². The Morgan fingerprint density at radius 2 is 1.76 bits per heavy atom. The summed E-state index contributed by atoms with van der Waals surface area (Å²) >= 11 is 0. The third-order valence-corrected chi connectivity index (χ3v) is 5.56. The fourth-order valence-electron chi connectivity index (χ4n) is 4.33. The molecule has 1 amide bonds. The van der Waals surface area contributed by atoms with Crippen LogP contribution in [0.1, 0.15) is 44.9 Å². The Balaban J connectivity index is 1.48. The van der Waals surface area contributed by atoms with Gasteiger partial charge in [-0.3, -0.25) is 4.79 Å². The van der Waals surface area contributed by atoms with Gasteiger partial charge in [-0.1, -0.05) is 6.42 Å². The Hall–Kier alpha value is -0.780. The summed E-state index contributed by atoms with van der Waals surface area (Å²) in [6.07, 6.45) is 0.551. The molecule has 3 atom stereocenters. The van der Waals surface area contributed by atoms with E-state index in [1.807, 2.05) is 0 Å². The van der Waals surface area contributed by atoms with Crippen LogP contribution in [0.4, 0.5) is 13.2 Å². The number of halogens is 3. The smallest absolute Gasteiger partial charge is 0.352 e. The lowest BCUT2D eigenvalue weighted by Crippen LogP contribution is -2.49. The Kier molecular flexibility index (Phi) is 4.17. The molecule has 6 heteroatoms. The van der Waals surface area contributed by atoms with Gasteiger partial charge in [0.25, 0.3) is 0 Å². The van der Waals surface area contributed by atoms with E-state index in [1.165, 1.54) is 12.8 Å². The van der Waals surface area contributed by atoms with E-state index in [1.54, 1.807) is 0 Å². The van der Waals surface area contributed by atoms with Gasteiger partial charge in [-0.05, 0) is 56.9 Å². The Morgan fingerprint density at radius 3 is 2.43 bits per heavy atom. The molecule has 2 aliphatic carbocycles. The maximum Gasteiger partial charge on any atom is 0.391 e. The number of amides is 1. The van der Waals surface area contributed by atoms with Crippen LogP contribution in [0.2, 0.25) is 0 Å². The van der Waals surface area contributed by atoms with Gasteiger partial charge >= 0.3 is 6.18 Å². The number of nitrogens with one attached hydrogen (secondary N) is 2. The molecular weight excluding hydrogens is 281 g/mol. The van der Waals surface area contributed by atoms with Gasteiger partial charge in [0.05, 0.1) is 12.0 Å². The van der Waals surface area contributed by atoms with E-state index in [2.05, 4.69) is 10.6 Å². The zero-order valence-corrected chi connectivity index (χ0v) is 12.1. The summed E-state index contributed by atoms with van der Waals surface area (Å²) < 4.78 is 37.9. The van der Waals surface area contributed by atoms with Crippen LogP contribution in [0, 0.1) is 17.8 Å². The second-order valence-corrected chi connectivity index (χ2v) is 6.84. The lowest BCUT2D eigenvalue weighted by Gasteiger charge is -2.31. The molecule has 0 aromatic heterocycles. The van der Waals surface area contributed by atoms with Crippen LogP contribution >= 0.6 is 0 Å². The standard InChI is InChI=1S/C15H23F3N2O/c16-15(17,18)10-4-6-11(7-5-10)20-14(21)13-12-3-1-2-9(12)8-19-13/h9-13,19H,1-8H2,(H,20,21). The van der Waals surface area contributed by atoms with E-state index in [0.717, 1.165) is 13.0 Å². The van der Waals surface area contributed by atoms with Crippen LogP contribution in [0.5, 0.6) is 0 Å². The van der Waals surface area contributed by atoms with Crippen molar-refractivity contribution in [2.75, 3.05) is 6.54 Å². The number of fused-ring (bicyclic) bond motifs is 1. The highest BCUT2D eigenvalue weighted by Gasteiger charge is 2.44. The molecule has 1 saturated heterocycles. The van der Waals surface area contributed by atoms with E-state index in [4.69, 9.17) is 0 Å². The third kappa shape index (κ3) is 3.20. The molecule has 120 valence electrons. The summed E-state index contributed by atoms with van der Waals surface area (Å²) in [4.78, 5) is 12.3. The predicted molar refractivity (Wildman–Crippen MR) is 72.6 cm³/mol. The average Bonchev–Trinajstić information content (AvgIpc) is 3.00. The highest BCUT2D eigenvalue weighted by molar-refractivity contribution is 5.82. The Morgan fingerprint density at radius 1 is 1.05 bits per heavy atom. The molecule has 0 radical (unpaired) electrons. The average molecular weight is 304 g/mol. The van der Waals surface area contributed by atoms with Crippen molar-refractivity contribution in [1.82, 2.24) is 10.6 Å². The topological polar surface area (TPSA) is 41.1 Å². The van der Waals surface area contributed by atoms with Gasteiger partial charge in [-0.15, -0.1) is 0 Å². The van der Waals surface area contributed by atoms with Crippen molar-refractivity contribution in [3.63, 3.8) is 0 Å². The first-order valence-electron chi connectivity index (χ1n) is 8.05. The second-order valence-electron chi connectivity index (χ2n) is 6.84. The Bertz CT molecular complexity index is 391. The van der Waals surface area contributed by atoms with Gasteiger partial charge in [0.15, 0.2) is 0 Å². The highest BCUT2D eigenvalue weighted by atomic mass is 19.4. The normalized spacial score (nSPS) is 40.0. The van der Waals surface area contributed by atoms with E-state index in [0.29, 0.717) is 24.7 Å². The van der Waals surface area contributed by atoms with Crippen LogP contribution in [-0.2, 0) is 4.79 Å². The number of alkyl halides is 3. The number of hydrogen-bond donors (Lipinski definition) is 2. The molecule has 3 aliphatic rings. The van der Waals surface area contributed by atoms with Crippen molar-refractivity contribution in [3.05, 3.63) is 0 Å². The maximum atomic E-state index is 12.6. The maximum absolute atomic E-state index is 12.6. The van der Waals surface area contributed by atoms with Gasteiger partial charge in [0.2, 0.25) is 5.91 Å². The van der Waals surface area contributed by atoms with Gasteiger partial charge in [-0.25, -0.2) is 0 Å². The highest BCUT2D eigenvalue weighted by Crippen LogP contribution is 2.39. The number of rotatable bonds is 2. The molecule has 3 fully saturated rings. The molecule has 0 aromatic carbocycles. The second kappa shape index (κ2) is 5.78. The molecule has 3 rings (SSSR count). The van der Waals surface area contributed by atoms with E-state index >= 15 is 0 Å². The minimum Gasteiger partial charge on any atom is -0.352 e. The number of carbonyl (C=O) groups excluding carboxylic acids is 1. The van der Waals surface area contributed by atoms with Crippen LogP contribution in [-0.4, -0.2) is 30.7 Å². The minimum atomic E-state index is -4.08. The van der Waals surface area contributed by atoms with Crippen molar-refractivity contribution in [1.29, 1.82) is 0 Å². The summed E-state index contributed by atoms with van der Waals surface area (Å²) in [6, 6.07) is -0.212. The molecule has 1 heterocycles. The fourth-order valence-corrected chi connectivity index (χ4v) is 4.33. The summed E-state index contributed by atoms with van der Waals surface area (Å²) in [6.45, 7) is 0.906. The molecule has 0 aromatic rings. The van der Waals surface area contributed by atoms with Crippen molar-refractivity contribution in [2.45, 2.75) is 63.2 Å². The van der Waals surface area contributed by atoms with Crippen LogP contribution in [0.3, 0.4) is 0 Å². The molecule has 2 saturated carbocycles. The SMILES string of the molecule is O=C(NC1CCC(C(F)(F)F)CC1)C1NCC2CCCC21. The third-order valence-electron chi connectivity index (χ3n) is 5.56. The zero-order valence-electron chi connectivity index (χ0n) is 12.1. The van der Waals surface area contributed by atoms with Crippen LogP contribution in [0.25, 0.3) is 0 Å². The largest absolute Gasteiger partial charge is 0.391 e. The quantitative estimate of drug-likeness (QED) is 0.823. The van der Waals surface area contributed by atoms with Crippen LogP contribution in [0.15, 0.2) is 0 Å². The first-order chi connectivity index (χ1) is 9.95. The lowest BCUT2D eigenvalue weighted by molar-refractivity contribution is -0.182. The van der Waals surface area contributed by atoms with Crippen LogP contribution < -0.4 is 10.6 Å². The zero-order chi connectivity index (χ0) is 15.0. The first-order valence-corrected chi connectivity index (χ1v) is 8.05. The molecule has 21 heavy (non-hydrogen) atoms. The minimum absolute atomic E-state index is 0.000131. The van der Waals surface area contributed by atoms with Crippen molar-refractivity contribution in [2.24, 2.45) is 17.8 Å². The predicted octanol–water partition coefficient (Wildman–Crippen LogP) is 2.61. The summed E-state index contributed by atoms with van der Waals surface area (Å²) in [7, 11) is 0. The molecule has 2 N–H and O–H groups in total. The Labute approximate surface area is 123 Å². The summed E-state index contributed by atoms with van der Waals surface area (Å²) in [5, 5.41) is 6.27. The van der Waals surface area contributed by atoms with Gasteiger partial charge < -0.3 is 10.6 Å². The van der Waals surface area contributed by atoms with Gasteiger partial charge in [0.1, 0.15) is 0 Å². The molecule has 0 spiro atoms. The number of carbonyl (C=O) groups is 1. The molecule has 1 aliphatic heterocycles. The molecule has 3 nitrogen and oxygen atoms in total.